The number of rotatable bonds is 7. The summed E-state index contributed by atoms with van der Waals surface area (Å²) in [7, 11) is 3.23. The van der Waals surface area contributed by atoms with Crippen LogP contribution in [0.5, 0.6) is 11.5 Å². The number of hydrogen-bond donors (Lipinski definition) is 1. The van der Waals surface area contributed by atoms with Crippen molar-refractivity contribution in [2.75, 3.05) is 32.2 Å². The highest BCUT2D eigenvalue weighted by Gasteiger charge is 2.12. The second-order valence-electron chi connectivity index (χ2n) is 4.87. The second-order valence-corrected chi connectivity index (χ2v) is 4.87. The number of hydrogen-bond acceptors (Lipinski definition) is 4. The maximum absolute atomic E-state index is 13.5. The van der Waals surface area contributed by atoms with Gasteiger partial charge in [0.1, 0.15) is 17.3 Å². The van der Waals surface area contributed by atoms with E-state index in [1.54, 1.807) is 20.3 Å². The molecule has 0 unspecified atom stereocenters. The molecule has 22 heavy (non-hydrogen) atoms. The summed E-state index contributed by atoms with van der Waals surface area (Å²) in [5.74, 6) is 1.20. The molecule has 2 rings (SSSR count). The number of nitrogens with zero attached hydrogens (tertiary/aromatic N) is 1. The van der Waals surface area contributed by atoms with Crippen molar-refractivity contribution >= 4 is 5.69 Å². The predicted molar refractivity (Wildman–Crippen MR) is 86.1 cm³/mol. The smallest absolute Gasteiger partial charge is 0.127 e. The topological polar surface area (TPSA) is 47.7 Å². The Labute approximate surface area is 130 Å². The minimum absolute atomic E-state index is 0.263. The number of anilines is 1. The van der Waals surface area contributed by atoms with Gasteiger partial charge in [0.2, 0.25) is 0 Å². The summed E-state index contributed by atoms with van der Waals surface area (Å²) in [6.07, 6.45) is 0. The van der Waals surface area contributed by atoms with Crippen LogP contribution >= 0.6 is 0 Å². The van der Waals surface area contributed by atoms with E-state index in [1.807, 2.05) is 29.2 Å². The van der Waals surface area contributed by atoms with E-state index < -0.39 is 0 Å². The lowest BCUT2D eigenvalue weighted by Crippen LogP contribution is -2.29. The van der Waals surface area contributed by atoms with E-state index in [2.05, 4.69) is 0 Å². The number of benzene rings is 2. The average molecular weight is 304 g/mol. The van der Waals surface area contributed by atoms with Gasteiger partial charge in [0.05, 0.1) is 14.2 Å². The molecule has 0 bridgehead atoms. The molecule has 2 aromatic rings. The summed E-state index contributed by atoms with van der Waals surface area (Å²) < 4.78 is 24.1. The molecule has 0 amide bonds. The zero-order valence-corrected chi connectivity index (χ0v) is 12.9. The SMILES string of the molecule is COc1ccc(CN(CCN)c2cccc(F)c2)c(OC)c1. The minimum Gasteiger partial charge on any atom is -0.497 e. The van der Waals surface area contributed by atoms with Crippen LogP contribution in [0.15, 0.2) is 42.5 Å². The molecule has 0 fully saturated rings. The number of ether oxygens (including phenoxy) is 2. The maximum atomic E-state index is 13.5. The molecular formula is C17H21FN2O2. The van der Waals surface area contributed by atoms with Crippen LogP contribution in [0.1, 0.15) is 5.56 Å². The first-order valence-electron chi connectivity index (χ1n) is 7.09. The van der Waals surface area contributed by atoms with E-state index in [4.69, 9.17) is 15.2 Å². The zero-order valence-electron chi connectivity index (χ0n) is 12.9. The molecule has 0 atom stereocenters. The van der Waals surface area contributed by atoms with Crippen molar-refractivity contribution in [1.29, 1.82) is 0 Å². The molecule has 0 radical (unpaired) electrons. The summed E-state index contributed by atoms with van der Waals surface area (Å²) in [4.78, 5) is 2.02. The summed E-state index contributed by atoms with van der Waals surface area (Å²) in [5.41, 5.74) is 7.47. The summed E-state index contributed by atoms with van der Waals surface area (Å²) in [5, 5.41) is 0. The molecule has 0 aliphatic rings. The standard InChI is InChI=1S/C17H21FN2O2/c1-21-16-7-6-13(17(11-16)22-2)12-20(9-8-19)15-5-3-4-14(18)10-15/h3-7,10-11H,8-9,12,19H2,1-2H3. The third-order valence-corrected chi connectivity index (χ3v) is 3.43. The quantitative estimate of drug-likeness (QED) is 0.854. The van der Waals surface area contributed by atoms with E-state index in [-0.39, 0.29) is 5.82 Å². The molecule has 0 saturated heterocycles. The van der Waals surface area contributed by atoms with Crippen LogP contribution in [0, 0.1) is 5.82 Å². The van der Waals surface area contributed by atoms with Gasteiger partial charge in [-0.1, -0.05) is 6.07 Å². The number of halogens is 1. The first-order chi connectivity index (χ1) is 10.7. The van der Waals surface area contributed by atoms with Crippen molar-refractivity contribution in [2.45, 2.75) is 6.54 Å². The molecular weight excluding hydrogens is 283 g/mol. The van der Waals surface area contributed by atoms with E-state index in [0.29, 0.717) is 19.6 Å². The lowest BCUT2D eigenvalue weighted by Gasteiger charge is -2.25. The van der Waals surface area contributed by atoms with Crippen molar-refractivity contribution in [3.63, 3.8) is 0 Å². The first kappa shape index (κ1) is 16.1. The van der Waals surface area contributed by atoms with Gasteiger partial charge in [-0.25, -0.2) is 4.39 Å². The summed E-state index contributed by atoms with van der Waals surface area (Å²) in [6.45, 7) is 1.68. The molecule has 2 aromatic carbocycles. The van der Waals surface area contributed by atoms with Crippen molar-refractivity contribution in [3.8, 4) is 11.5 Å². The lowest BCUT2D eigenvalue weighted by molar-refractivity contribution is 0.390. The summed E-state index contributed by atoms with van der Waals surface area (Å²) >= 11 is 0. The van der Waals surface area contributed by atoms with E-state index in [0.717, 1.165) is 22.7 Å². The molecule has 2 N–H and O–H groups in total. The van der Waals surface area contributed by atoms with Gasteiger partial charge < -0.3 is 20.1 Å². The Morgan fingerprint density at radius 1 is 1.09 bits per heavy atom. The molecule has 4 nitrogen and oxygen atoms in total. The Morgan fingerprint density at radius 3 is 2.55 bits per heavy atom. The van der Waals surface area contributed by atoms with Gasteiger partial charge in [-0.2, -0.15) is 0 Å². The van der Waals surface area contributed by atoms with Crippen LogP contribution in [0.25, 0.3) is 0 Å². The predicted octanol–water partition coefficient (Wildman–Crippen LogP) is 2.81. The Morgan fingerprint density at radius 2 is 1.91 bits per heavy atom. The molecule has 5 heteroatoms. The van der Waals surface area contributed by atoms with Gasteiger partial charge in [-0.3, -0.25) is 0 Å². The van der Waals surface area contributed by atoms with Crippen molar-refractivity contribution in [1.82, 2.24) is 0 Å². The Kier molecular flexibility index (Phi) is 5.61. The van der Waals surface area contributed by atoms with Crippen molar-refractivity contribution < 1.29 is 13.9 Å². The largest absolute Gasteiger partial charge is 0.497 e. The molecule has 0 aliphatic heterocycles. The number of nitrogens with two attached hydrogens (primary N) is 1. The van der Waals surface area contributed by atoms with E-state index >= 15 is 0 Å². The van der Waals surface area contributed by atoms with Gasteiger partial charge in [-0.15, -0.1) is 0 Å². The minimum atomic E-state index is -0.263. The number of methoxy groups -OCH3 is 2. The Hall–Kier alpha value is -2.27. The molecule has 0 spiro atoms. The molecule has 0 aliphatic carbocycles. The molecule has 118 valence electrons. The third-order valence-electron chi connectivity index (χ3n) is 3.43. The van der Waals surface area contributed by atoms with Crippen molar-refractivity contribution in [3.05, 3.63) is 53.8 Å². The van der Waals surface area contributed by atoms with Gasteiger partial charge >= 0.3 is 0 Å². The maximum Gasteiger partial charge on any atom is 0.127 e. The normalized spacial score (nSPS) is 10.4. The first-order valence-corrected chi connectivity index (χ1v) is 7.09. The molecule has 0 saturated carbocycles. The van der Waals surface area contributed by atoms with Crippen LogP contribution < -0.4 is 20.1 Å². The van der Waals surface area contributed by atoms with Gasteiger partial charge in [0, 0.05) is 37.0 Å². The highest BCUT2D eigenvalue weighted by molar-refractivity contribution is 5.49. The van der Waals surface area contributed by atoms with Crippen LogP contribution in [0.3, 0.4) is 0 Å². The van der Waals surface area contributed by atoms with Gasteiger partial charge in [0.15, 0.2) is 0 Å². The van der Waals surface area contributed by atoms with Crippen LogP contribution in [-0.2, 0) is 6.54 Å². The highest BCUT2D eigenvalue weighted by Crippen LogP contribution is 2.27. The fraction of sp³-hybridized carbons (Fsp3) is 0.294. The molecule has 0 aromatic heterocycles. The zero-order chi connectivity index (χ0) is 15.9. The Balaban J connectivity index is 2.28. The van der Waals surface area contributed by atoms with Crippen LogP contribution in [0.2, 0.25) is 0 Å². The third kappa shape index (κ3) is 3.89. The summed E-state index contributed by atoms with van der Waals surface area (Å²) in [6, 6.07) is 12.2. The Bertz CT molecular complexity index is 619. The van der Waals surface area contributed by atoms with Crippen LogP contribution in [0.4, 0.5) is 10.1 Å². The monoisotopic (exact) mass is 304 g/mol. The fourth-order valence-corrected chi connectivity index (χ4v) is 2.32. The van der Waals surface area contributed by atoms with Crippen LogP contribution in [-0.4, -0.2) is 27.3 Å². The van der Waals surface area contributed by atoms with E-state index in [1.165, 1.54) is 12.1 Å². The lowest BCUT2D eigenvalue weighted by atomic mass is 10.1. The van der Waals surface area contributed by atoms with Gasteiger partial charge in [0.25, 0.3) is 0 Å². The fourth-order valence-electron chi connectivity index (χ4n) is 2.32. The molecule has 0 heterocycles. The van der Waals surface area contributed by atoms with Gasteiger partial charge in [-0.05, 0) is 30.3 Å². The van der Waals surface area contributed by atoms with E-state index in [9.17, 15) is 4.39 Å². The second kappa shape index (κ2) is 7.66. The van der Waals surface area contributed by atoms with Crippen molar-refractivity contribution in [2.24, 2.45) is 5.73 Å². The highest BCUT2D eigenvalue weighted by atomic mass is 19.1. The average Bonchev–Trinajstić information content (AvgIpc) is 2.54.